The van der Waals surface area contributed by atoms with Gasteiger partial charge in [-0.1, -0.05) is 27.7 Å². The summed E-state index contributed by atoms with van der Waals surface area (Å²) < 4.78 is 16.2. The van der Waals surface area contributed by atoms with Crippen LogP contribution >= 0.6 is 27.7 Å². The first-order chi connectivity index (χ1) is 8.61. The molecule has 7 heteroatoms. The van der Waals surface area contributed by atoms with Gasteiger partial charge in [-0.15, -0.1) is 10.2 Å². The average molecular weight is 331 g/mol. The standard InChI is InChI=1S/C11H12BrFN4S/c1-17-10(5-14)15-16-11(17)18-6-7-4-8(12)2-3-9(7)13/h2-4H,5-6,14H2,1H3. The predicted octanol–water partition coefficient (Wildman–Crippen LogP) is 2.47. The normalized spacial score (nSPS) is 10.9. The van der Waals surface area contributed by atoms with E-state index in [0.717, 1.165) is 9.63 Å². The van der Waals surface area contributed by atoms with Gasteiger partial charge in [0.2, 0.25) is 0 Å². The van der Waals surface area contributed by atoms with E-state index < -0.39 is 0 Å². The van der Waals surface area contributed by atoms with Gasteiger partial charge in [0.15, 0.2) is 5.16 Å². The van der Waals surface area contributed by atoms with E-state index in [1.165, 1.54) is 17.8 Å². The molecule has 18 heavy (non-hydrogen) atoms. The summed E-state index contributed by atoms with van der Waals surface area (Å²) in [5.74, 6) is 1.00. The topological polar surface area (TPSA) is 56.7 Å². The van der Waals surface area contributed by atoms with Gasteiger partial charge in [-0.05, 0) is 23.8 Å². The smallest absolute Gasteiger partial charge is 0.191 e. The second kappa shape index (κ2) is 5.81. The number of hydrogen-bond donors (Lipinski definition) is 1. The highest BCUT2D eigenvalue weighted by atomic mass is 79.9. The van der Waals surface area contributed by atoms with Crippen LogP contribution in [-0.2, 0) is 19.3 Å². The van der Waals surface area contributed by atoms with Gasteiger partial charge in [0.1, 0.15) is 11.6 Å². The molecule has 2 aromatic rings. The molecule has 0 amide bonds. The fourth-order valence-corrected chi connectivity index (χ4v) is 2.76. The van der Waals surface area contributed by atoms with Crippen molar-refractivity contribution in [1.82, 2.24) is 14.8 Å². The van der Waals surface area contributed by atoms with E-state index in [9.17, 15) is 4.39 Å². The van der Waals surface area contributed by atoms with Gasteiger partial charge < -0.3 is 10.3 Å². The summed E-state index contributed by atoms with van der Waals surface area (Å²) in [5, 5.41) is 8.70. The summed E-state index contributed by atoms with van der Waals surface area (Å²) in [7, 11) is 1.85. The Balaban J connectivity index is 2.11. The van der Waals surface area contributed by atoms with Crippen LogP contribution in [0.25, 0.3) is 0 Å². The first-order valence-electron chi connectivity index (χ1n) is 5.27. The molecule has 0 atom stereocenters. The van der Waals surface area contributed by atoms with Crippen molar-refractivity contribution in [2.45, 2.75) is 17.5 Å². The predicted molar refractivity (Wildman–Crippen MR) is 72.6 cm³/mol. The molecule has 1 aromatic carbocycles. The highest BCUT2D eigenvalue weighted by molar-refractivity contribution is 9.10. The van der Waals surface area contributed by atoms with Crippen LogP contribution in [-0.4, -0.2) is 14.8 Å². The molecule has 0 bridgehead atoms. The molecule has 0 spiro atoms. The number of aromatic nitrogens is 3. The molecule has 1 heterocycles. The van der Waals surface area contributed by atoms with Crippen molar-refractivity contribution < 1.29 is 4.39 Å². The zero-order valence-corrected chi connectivity index (χ0v) is 12.1. The van der Waals surface area contributed by atoms with Crippen molar-refractivity contribution in [3.63, 3.8) is 0 Å². The number of rotatable bonds is 4. The van der Waals surface area contributed by atoms with Crippen LogP contribution in [0.15, 0.2) is 27.8 Å². The SMILES string of the molecule is Cn1c(CN)nnc1SCc1cc(Br)ccc1F. The third-order valence-corrected chi connectivity index (χ3v) is 4.03. The highest BCUT2D eigenvalue weighted by Crippen LogP contribution is 2.24. The van der Waals surface area contributed by atoms with Crippen molar-refractivity contribution in [2.75, 3.05) is 0 Å². The lowest BCUT2D eigenvalue weighted by atomic mass is 10.2. The second-order valence-electron chi connectivity index (χ2n) is 3.69. The minimum atomic E-state index is -0.216. The number of nitrogens with two attached hydrogens (primary N) is 1. The van der Waals surface area contributed by atoms with E-state index >= 15 is 0 Å². The number of benzene rings is 1. The van der Waals surface area contributed by atoms with Crippen molar-refractivity contribution in [1.29, 1.82) is 0 Å². The van der Waals surface area contributed by atoms with Crippen LogP contribution in [0.2, 0.25) is 0 Å². The summed E-state index contributed by atoms with van der Waals surface area (Å²) in [4.78, 5) is 0. The Morgan fingerprint density at radius 3 is 2.89 bits per heavy atom. The van der Waals surface area contributed by atoms with E-state index in [1.807, 2.05) is 11.6 Å². The quantitative estimate of drug-likeness (QED) is 0.875. The van der Waals surface area contributed by atoms with Gasteiger partial charge >= 0.3 is 0 Å². The van der Waals surface area contributed by atoms with Gasteiger partial charge in [-0.3, -0.25) is 0 Å². The van der Waals surface area contributed by atoms with Gasteiger partial charge in [-0.25, -0.2) is 4.39 Å². The van der Waals surface area contributed by atoms with Crippen LogP contribution in [0.4, 0.5) is 4.39 Å². The van der Waals surface area contributed by atoms with Crippen molar-refractivity contribution >= 4 is 27.7 Å². The molecular formula is C11H12BrFN4S. The van der Waals surface area contributed by atoms with Crippen LogP contribution in [0.3, 0.4) is 0 Å². The van der Waals surface area contributed by atoms with Gasteiger partial charge in [0.05, 0.1) is 6.54 Å². The maximum atomic E-state index is 13.5. The van der Waals surface area contributed by atoms with Crippen molar-refractivity contribution in [3.05, 3.63) is 39.9 Å². The summed E-state index contributed by atoms with van der Waals surface area (Å²) in [6.45, 7) is 0.343. The van der Waals surface area contributed by atoms with Gasteiger partial charge in [0, 0.05) is 17.3 Å². The fourth-order valence-electron chi connectivity index (χ4n) is 1.44. The van der Waals surface area contributed by atoms with Gasteiger partial charge in [0.25, 0.3) is 0 Å². The third-order valence-electron chi connectivity index (χ3n) is 2.47. The highest BCUT2D eigenvalue weighted by Gasteiger charge is 2.09. The largest absolute Gasteiger partial charge is 0.324 e. The number of nitrogens with zero attached hydrogens (tertiary/aromatic N) is 3. The Hall–Kier alpha value is -0.920. The maximum absolute atomic E-state index is 13.5. The van der Waals surface area contributed by atoms with Crippen molar-refractivity contribution in [2.24, 2.45) is 12.8 Å². The molecule has 96 valence electrons. The van der Waals surface area contributed by atoms with Gasteiger partial charge in [-0.2, -0.15) is 0 Å². The molecule has 0 fully saturated rings. The van der Waals surface area contributed by atoms with E-state index in [0.29, 0.717) is 23.7 Å². The number of halogens is 2. The Kier molecular flexibility index (Phi) is 4.36. The molecular weight excluding hydrogens is 319 g/mol. The van der Waals surface area contributed by atoms with Crippen molar-refractivity contribution in [3.8, 4) is 0 Å². The summed E-state index contributed by atoms with van der Waals surface area (Å²) in [5.41, 5.74) is 6.15. The molecule has 2 N–H and O–H groups in total. The second-order valence-corrected chi connectivity index (χ2v) is 5.54. The van der Waals surface area contributed by atoms with E-state index in [-0.39, 0.29) is 5.82 Å². The monoisotopic (exact) mass is 330 g/mol. The van der Waals surface area contributed by atoms with Crippen LogP contribution < -0.4 is 5.73 Å². The average Bonchev–Trinajstić information content (AvgIpc) is 2.71. The molecule has 4 nitrogen and oxygen atoms in total. The van der Waals surface area contributed by atoms with Crippen LogP contribution in [0.5, 0.6) is 0 Å². The molecule has 0 unspecified atom stereocenters. The minimum Gasteiger partial charge on any atom is -0.324 e. The third kappa shape index (κ3) is 2.90. The maximum Gasteiger partial charge on any atom is 0.191 e. The number of hydrogen-bond acceptors (Lipinski definition) is 4. The Labute approximate surface area is 117 Å². The first kappa shape index (κ1) is 13.5. The molecule has 0 saturated heterocycles. The molecule has 2 rings (SSSR count). The lowest BCUT2D eigenvalue weighted by Crippen LogP contribution is -2.05. The Morgan fingerprint density at radius 1 is 1.44 bits per heavy atom. The Morgan fingerprint density at radius 2 is 2.22 bits per heavy atom. The zero-order valence-electron chi connectivity index (χ0n) is 9.73. The van der Waals surface area contributed by atoms with Crippen LogP contribution in [0.1, 0.15) is 11.4 Å². The summed E-state index contributed by atoms with van der Waals surface area (Å²) in [6.07, 6.45) is 0. The number of thioether (sulfide) groups is 1. The lowest BCUT2D eigenvalue weighted by Gasteiger charge is -2.04. The molecule has 0 aliphatic rings. The lowest BCUT2D eigenvalue weighted by molar-refractivity contribution is 0.617. The minimum absolute atomic E-state index is 0.216. The zero-order chi connectivity index (χ0) is 13.1. The van der Waals surface area contributed by atoms with Crippen LogP contribution in [0, 0.1) is 5.82 Å². The fraction of sp³-hybridized carbons (Fsp3) is 0.273. The summed E-state index contributed by atoms with van der Waals surface area (Å²) in [6, 6.07) is 4.89. The molecule has 0 radical (unpaired) electrons. The molecule has 1 aromatic heterocycles. The molecule has 0 aliphatic carbocycles. The van der Waals surface area contributed by atoms with E-state index in [4.69, 9.17) is 5.73 Å². The summed E-state index contributed by atoms with van der Waals surface area (Å²) >= 11 is 4.76. The Bertz CT molecular complexity index is 558. The van der Waals surface area contributed by atoms with E-state index in [1.54, 1.807) is 12.1 Å². The first-order valence-corrected chi connectivity index (χ1v) is 7.04. The van der Waals surface area contributed by atoms with E-state index in [2.05, 4.69) is 26.1 Å². The molecule has 0 saturated carbocycles. The molecule has 0 aliphatic heterocycles.